The van der Waals surface area contributed by atoms with Crippen molar-refractivity contribution in [3.8, 4) is 23.3 Å². The molecule has 5 rings (SSSR count). The number of imidazole rings is 1. The number of benzene rings is 2. The highest BCUT2D eigenvalue weighted by atomic mass is 16.5. The Morgan fingerprint density at radius 3 is 2.52 bits per heavy atom. The number of nitrogens with zero attached hydrogens (tertiary/aromatic N) is 5. The molecule has 1 atom stereocenters. The number of rotatable bonds is 10. The summed E-state index contributed by atoms with van der Waals surface area (Å²) in [6, 6.07) is 18.0. The molecular formula is C30H32N8O4. The molecule has 4 aromatic rings. The second kappa shape index (κ2) is 11.9. The molecule has 1 fully saturated rings. The third-order valence-electron chi connectivity index (χ3n) is 6.72. The first kappa shape index (κ1) is 28.5. The van der Waals surface area contributed by atoms with E-state index in [1.54, 1.807) is 37.3 Å². The van der Waals surface area contributed by atoms with E-state index in [9.17, 15) is 14.9 Å². The van der Waals surface area contributed by atoms with Crippen LogP contribution in [-0.4, -0.2) is 55.8 Å². The molecule has 1 amide bonds. The molecule has 216 valence electrons. The van der Waals surface area contributed by atoms with Gasteiger partial charge in [-0.1, -0.05) is 18.2 Å². The van der Waals surface area contributed by atoms with Crippen molar-refractivity contribution in [3.05, 3.63) is 83.1 Å². The van der Waals surface area contributed by atoms with Crippen molar-refractivity contribution in [2.24, 2.45) is 0 Å². The van der Waals surface area contributed by atoms with Crippen molar-refractivity contribution in [1.29, 1.82) is 5.26 Å². The van der Waals surface area contributed by atoms with Crippen LogP contribution in [0.25, 0.3) is 16.9 Å². The summed E-state index contributed by atoms with van der Waals surface area (Å²) < 4.78 is 13.9. The van der Waals surface area contributed by atoms with Gasteiger partial charge in [-0.2, -0.15) is 5.26 Å². The van der Waals surface area contributed by atoms with Crippen LogP contribution in [0.1, 0.15) is 20.8 Å². The number of nitrogen functional groups attached to an aromatic ring is 1. The van der Waals surface area contributed by atoms with Crippen molar-refractivity contribution >= 4 is 22.9 Å². The Hall–Kier alpha value is -4.99. The monoisotopic (exact) mass is 568 g/mol. The molecule has 42 heavy (non-hydrogen) atoms. The third-order valence-corrected chi connectivity index (χ3v) is 6.72. The fourth-order valence-corrected chi connectivity index (χ4v) is 4.81. The van der Waals surface area contributed by atoms with E-state index in [0.717, 1.165) is 0 Å². The van der Waals surface area contributed by atoms with Crippen molar-refractivity contribution in [1.82, 2.24) is 29.7 Å². The number of aromatic nitrogens is 4. The van der Waals surface area contributed by atoms with E-state index >= 15 is 0 Å². The number of carbonyl (C=O) groups excluding carboxylic acids is 1. The van der Waals surface area contributed by atoms with E-state index in [2.05, 4.69) is 20.6 Å². The van der Waals surface area contributed by atoms with Crippen molar-refractivity contribution < 1.29 is 14.3 Å². The van der Waals surface area contributed by atoms with E-state index in [4.69, 9.17) is 15.2 Å². The van der Waals surface area contributed by atoms with Crippen LogP contribution in [0, 0.1) is 11.3 Å². The summed E-state index contributed by atoms with van der Waals surface area (Å²) >= 11 is 0. The summed E-state index contributed by atoms with van der Waals surface area (Å²) in [4.78, 5) is 35.2. The average Bonchev–Trinajstić information content (AvgIpc) is 3.22. The number of carbonyl (C=O) groups is 1. The Morgan fingerprint density at radius 2 is 1.88 bits per heavy atom. The highest BCUT2D eigenvalue weighted by Gasteiger charge is 2.27. The van der Waals surface area contributed by atoms with Gasteiger partial charge in [-0.3, -0.25) is 13.9 Å². The molecule has 12 heteroatoms. The fourth-order valence-electron chi connectivity index (χ4n) is 4.81. The molecule has 0 unspecified atom stereocenters. The third kappa shape index (κ3) is 6.17. The second-order valence-electron chi connectivity index (χ2n) is 10.7. The van der Waals surface area contributed by atoms with Crippen LogP contribution in [0.4, 0.5) is 5.82 Å². The van der Waals surface area contributed by atoms with E-state index in [0.29, 0.717) is 41.6 Å². The van der Waals surface area contributed by atoms with Gasteiger partial charge in [0.25, 0.3) is 5.91 Å². The molecular weight excluding hydrogens is 536 g/mol. The highest BCUT2D eigenvalue weighted by Crippen LogP contribution is 2.25. The molecule has 1 aliphatic heterocycles. The summed E-state index contributed by atoms with van der Waals surface area (Å²) in [5.74, 6) is 0.890. The number of nitriles is 1. The summed E-state index contributed by atoms with van der Waals surface area (Å²) in [5.41, 5.74) is 6.40. The number of amides is 1. The van der Waals surface area contributed by atoms with Crippen LogP contribution in [0.5, 0.6) is 11.5 Å². The SMILES string of the molecule is C[C@@H](Cn1c(=O)n(-c2ccc(Oc3ccccc3)cc2)c2c(N)ncnc21)NC(=O)/C(C#N)=C/C(C)(C)NC1COC1. The van der Waals surface area contributed by atoms with E-state index in [1.807, 2.05) is 50.2 Å². The minimum Gasteiger partial charge on any atom is -0.457 e. The lowest BCUT2D eigenvalue weighted by atomic mass is 9.99. The first-order valence-corrected chi connectivity index (χ1v) is 13.5. The number of fused-ring (bicyclic) bond motifs is 1. The van der Waals surface area contributed by atoms with Crippen molar-refractivity contribution in [2.75, 3.05) is 18.9 Å². The Morgan fingerprint density at radius 1 is 1.19 bits per heavy atom. The molecule has 0 bridgehead atoms. The number of hydrogen-bond donors (Lipinski definition) is 3. The standard InChI is InChI=1S/C30H32N8O4/c1-19(35-28(39)20(14-31)13-30(2,3)36-21-16-41-17-21)15-37-27-25(26(32)33-18-34-27)38(29(37)40)22-9-11-24(12-10-22)42-23-7-5-4-6-8-23/h4-13,18-19,21,36H,15-17H2,1-3H3,(H,35,39)(H2,32,33,34)/b20-13+/t19-/m0/s1. The van der Waals surface area contributed by atoms with Gasteiger partial charge in [-0.15, -0.1) is 0 Å². The van der Waals surface area contributed by atoms with Gasteiger partial charge in [0.2, 0.25) is 0 Å². The normalized spacial score (nSPS) is 14.7. The van der Waals surface area contributed by atoms with Gasteiger partial charge in [-0.25, -0.2) is 14.8 Å². The fraction of sp³-hybridized carbons (Fsp3) is 0.300. The number of hydrogen-bond acceptors (Lipinski definition) is 9. The Labute approximate surface area is 242 Å². The zero-order valence-corrected chi connectivity index (χ0v) is 23.6. The lowest BCUT2D eigenvalue weighted by Crippen LogP contribution is -2.54. The van der Waals surface area contributed by atoms with Crippen LogP contribution < -0.4 is 26.8 Å². The number of para-hydroxylation sites is 1. The molecule has 0 spiro atoms. The molecule has 12 nitrogen and oxygen atoms in total. The van der Waals surface area contributed by atoms with Crippen LogP contribution in [0.2, 0.25) is 0 Å². The summed E-state index contributed by atoms with van der Waals surface area (Å²) in [7, 11) is 0. The second-order valence-corrected chi connectivity index (χ2v) is 10.7. The quantitative estimate of drug-likeness (QED) is 0.193. The van der Waals surface area contributed by atoms with Crippen molar-refractivity contribution in [2.45, 2.75) is 44.9 Å². The van der Waals surface area contributed by atoms with Crippen LogP contribution >= 0.6 is 0 Å². The summed E-state index contributed by atoms with van der Waals surface area (Å²) in [6.45, 7) is 6.78. The Kier molecular flexibility index (Phi) is 8.06. The van der Waals surface area contributed by atoms with E-state index in [-0.39, 0.29) is 24.0 Å². The predicted molar refractivity (Wildman–Crippen MR) is 157 cm³/mol. The number of ether oxygens (including phenoxy) is 2. The molecule has 1 aliphatic rings. The van der Waals surface area contributed by atoms with E-state index in [1.165, 1.54) is 15.5 Å². The van der Waals surface area contributed by atoms with E-state index < -0.39 is 23.2 Å². The smallest absolute Gasteiger partial charge is 0.335 e. The minimum absolute atomic E-state index is 0.0289. The molecule has 0 aliphatic carbocycles. The maximum absolute atomic E-state index is 13.7. The number of nitrogens with one attached hydrogen (secondary N) is 2. The van der Waals surface area contributed by atoms with Gasteiger partial charge in [0, 0.05) is 18.1 Å². The molecule has 0 radical (unpaired) electrons. The Bertz CT molecular complexity index is 1710. The van der Waals surface area contributed by atoms with Crippen molar-refractivity contribution in [3.63, 3.8) is 0 Å². The molecule has 3 heterocycles. The van der Waals surface area contributed by atoms with Gasteiger partial charge in [-0.05, 0) is 63.2 Å². The summed E-state index contributed by atoms with van der Waals surface area (Å²) in [5, 5.41) is 15.9. The lowest BCUT2D eigenvalue weighted by Gasteiger charge is -2.34. The average molecular weight is 569 g/mol. The zero-order valence-electron chi connectivity index (χ0n) is 23.6. The zero-order chi connectivity index (χ0) is 29.9. The minimum atomic E-state index is -0.597. The van der Waals surface area contributed by atoms with Gasteiger partial charge in [0.15, 0.2) is 11.5 Å². The molecule has 2 aromatic heterocycles. The highest BCUT2D eigenvalue weighted by molar-refractivity contribution is 5.97. The topological polar surface area (TPSA) is 162 Å². The number of nitrogens with two attached hydrogens (primary N) is 1. The van der Waals surface area contributed by atoms with Crippen LogP contribution in [0.3, 0.4) is 0 Å². The summed E-state index contributed by atoms with van der Waals surface area (Å²) in [6.07, 6.45) is 2.89. The Balaban J connectivity index is 1.38. The van der Waals surface area contributed by atoms with Gasteiger partial charge in [0.1, 0.15) is 35.0 Å². The van der Waals surface area contributed by atoms with Gasteiger partial charge in [0.05, 0.1) is 24.9 Å². The number of anilines is 1. The first-order valence-electron chi connectivity index (χ1n) is 13.5. The predicted octanol–water partition coefficient (Wildman–Crippen LogP) is 2.68. The molecule has 0 saturated carbocycles. The molecule has 4 N–H and O–H groups in total. The first-order chi connectivity index (χ1) is 20.1. The van der Waals surface area contributed by atoms with Gasteiger partial charge >= 0.3 is 5.69 Å². The molecule has 2 aromatic carbocycles. The lowest BCUT2D eigenvalue weighted by molar-refractivity contribution is -0.117. The van der Waals surface area contributed by atoms with Crippen LogP contribution in [-0.2, 0) is 16.1 Å². The maximum Gasteiger partial charge on any atom is 0.335 e. The maximum atomic E-state index is 13.7. The molecule has 1 saturated heterocycles. The van der Waals surface area contributed by atoms with Gasteiger partial charge < -0.3 is 25.8 Å². The van der Waals surface area contributed by atoms with Crippen LogP contribution in [0.15, 0.2) is 77.4 Å². The largest absolute Gasteiger partial charge is 0.457 e.